The first-order valence-electron chi connectivity index (χ1n) is 5.85. The average Bonchev–Trinajstić information content (AvgIpc) is 2.98. The molecule has 0 aliphatic heterocycles. The van der Waals surface area contributed by atoms with Crippen LogP contribution in [0, 0.1) is 0 Å². The largest absolute Gasteiger partial charge is 0.314 e. The van der Waals surface area contributed by atoms with Gasteiger partial charge in [-0.25, -0.2) is 4.98 Å². The Kier molecular flexibility index (Phi) is 2.45. The molecule has 2 aromatic rings. The third kappa shape index (κ3) is 1.85. The van der Waals surface area contributed by atoms with E-state index in [1.807, 2.05) is 11.3 Å². The molecule has 2 nitrogen and oxygen atoms in total. The smallest absolute Gasteiger partial charge is 0.0939 e. The van der Waals surface area contributed by atoms with E-state index in [9.17, 15) is 0 Å². The van der Waals surface area contributed by atoms with Gasteiger partial charge in [0.1, 0.15) is 0 Å². The number of nitrogens with zero attached hydrogens (tertiary/aromatic N) is 1. The number of hydrogen-bond donors (Lipinski definition) is 1. The maximum atomic E-state index is 4.67. The summed E-state index contributed by atoms with van der Waals surface area (Å²) >= 11 is 1.84. The van der Waals surface area contributed by atoms with E-state index in [2.05, 4.69) is 41.6 Å². The zero-order valence-corrected chi connectivity index (χ0v) is 10.3. The van der Waals surface area contributed by atoms with Crippen molar-refractivity contribution in [2.75, 3.05) is 7.05 Å². The van der Waals surface area contributed by atoms with Gasteiger partial charge in [0.05, 0.1) is 15.2 Å². The first-order valence-corrected chi connectivity index (χ1v) is 6.66. The average molecular weight is 232 g/mol. The van der Waals surface area contributed by atoms with Crippen molar-refractivity contribution in [3.05, 3.63) is 29.3 Å². The van der Waals surface area contributed by atoms with Crippen molar-refractivity contribution in [2.24, 2.45) is 0 Å². The van der Waals surface area contributed by atoms with Crippen LogP contribution in [0.25, 0.3) is 10.2 Å². The van der Waals surface area contributed by atoms with Crippen LogP contribution in [0.4, 0.5) is 0 Å². The standard InChI is InChI=1S/C13H16N2S/c1-14-13(8-9-13)7-6-12-15-10-4-2-3-5-11(10)16-12/h2-5,14H,6-9H2,1H3. The lowest BCUT2D eigenvalue weighted by Gasteiger charge is -2.11. The first-order chi connectivity index (χ1) is 7.81. The number of thiazole rings is 1. The lowest BCUT2D eigenvalue weighted by molar-refractivity contribution is 0.509. The van der Waals surface area contributed by atoms with E-state index in [4.69, 9.17) is 0 Å². The van der Waals surface area contributed by atoms with Gasteiger partial charge in [-0.15, -0.1) is 11.3 Å². The van der Waals surface area contributed by atoms with Crippen LogP contribution in [0.5, 0.6) is 0 Å². The number of aromatic nitrogens is 1. The zero-order valence-electron chi connectivity index (χ0n) is 9.49. The lowest BCUT2D eigenvalue weighted by Crippen LogP contribution is -2.27. The summed E-state index contributed by atoms with van der Waals surface area (Å²) in [6, 6.07) is 8.39. The fraction of sp³-hybridized carbons (Fsp3) is 0.462. The van der Waals surface area contributed by atoms with Crippen LogP contribution in [0.2, 0.25) is 0 Å². The van der Waals surface area contributed by atoms with Crippen molar-refractivity contribution < 1.29 is 0 Å². The Hall–Kier alpha value is -0.930. The van der Waals surface area contributed by atoms with Crippen LogP contribution in [-0.4, -0.2) is 17.6 Å². The molecule has 1 aliphatic rings. The molecule has 0 saturated heterocycles. The van der Waals surface area contributed by atoms with Crippen molar-refractivity contribution in [1.82, 2.24) is 10.3 Å². The molecule has 3 rings (SSSR count). The molecule has 1 heterocycles. The predicted octanol–water partition coefficient (Wildman–Crippen LogP) is 2.98. The highest BCUT2D eigenvalue weighted by molar-refractivity contribution is 7.18. The number of fused-ring (bicyclic) bond motifs is 1. The molecule has 0 unspecified atom stereocenters. The topological polar surface area (TPSA) is 24.9 Å². The molecular formula is C13H16N2S. The summed E-state index contributed by atoms with van der Waals surface area (Å²) in [5.41, 5.74) is 1.59. The van der Waals surface area contributed by atoms with Gasteiger partial charge in [-0.3, -0.25) is 0 Å². The number of nitrogens with one attached hydrogen (secondary N) is 1. The molecule has 1 fully saturated rings. The van der Waals surface area contributed by atoms with Gasteiger partial charge in [-0.2, -0.15) is 0 Å². The SMILES string of the molecule is CNC1(CCc2nc3ccccc3s2)CC1. The fourth-order valence-corrected chi connectivity index (χ4v) is 3.12. The highest BCUT2D eigenvalue weighted by atomic mass is 32.1. The number of benzene rings is 1. The van der Waals surface area contributed by atoms with Gasteiger partial charge in [0.15, 0.2) is 0 Å². The summed E-state index contributed by atoms with van der Waals surface area (Å²) < 4.78 is 1.31. The molecule has 0 amide bonds. The van der Waals surface area contributed by atoms with E-state index in [1.54, 1.807) is 0 Å². The van der Waals surface area contributed by atoms with Crippen molar-refractivity contribution in [2.45, 2.75) is 31.2 Å². The van der Waals surface area contributed by atoms with Crippen LogP contribution >= 0.6 is 11.3 Å². The highest BCUT2D eigenvalue weighted by Gasteiger charge is 2.40. The second kappa shape index (κ2) is 3.82. The molecule has 1 saturated carbocycles. The van der Waals surface area contributed by atoms with Crippen LogP contribution in [0.1, 0.15) is 24.3 Å². The summed E-state index contributed by atoms with van der Waals surface area (Å²) in [4.78, 5) is 4.67. The van der Waals surface area contributed by atoms with Crippen molar-refractivity contribution >= 4 is 21.6 Å². The van der Waals surface area contributed by atoms with E-state index in [1.165, 1.54) is 29.0 Å². The Bertz CT molecular complexity index is 466. The number of rotatable bonds is 4. The van der Waals surface area contributed by atoms with Gasteiger partial charge >= 0.3 is 0 Å². The third-order valence-corrected chi connectivity index (χ3v) is 4.64. The van der Waals surface area contributed by atoms with E-state index in [0.717, 1.165) is 11.9 Å². The minimum Gasteiger partial charge on any atom is -0.314 e. The van der Waals surface area contributed by atoms with Gasteiger partial charge in [-0.1, -0.05) is 12.1 Å². The second-order valence-corrected chi connectivity index (χ2v) is 5.72. The van der Waals surface area contributed by atoms with Gasteiger partial charge in [0.2, 0.25) is 0 Å². The summed E-state index contributed by atoms with van der Waals surface area (Å²) in [7, 11) is 2.07. The lowest BCUT2D eigenvalue weighted by atomic mass is 10.1. The molecule has 1 aromatic heterocycles. The first kappa shape index (κ1) is 10.2. The quantitative estimate of drug-likeness (QED) is 0.876. The van der Waals surface area contributed by atoms with Crippen LogP contribution in [0.15, 0.2) is 24.3 Å². The minimum absolute atomic E-state index is 0.442. The molecule has 3 heteroatoms. The van der Waals surface area contributed by atoms with E-state index >= 15 is 0 Å². The second-order valence-electron chi connectivity index (χ2n) is 4.61. The predicted molar refractivity (Wildman–Crippen MR) is 69.0 cm³/mol. The highest BCUT2D eigenvalue weighted by Crippen LogP contribution is 2.39. The Morgan fingerprint density at radius 2 is 2.19 bits per heavy atom. The Balaban J connectivity index is 1.74. The van der Waals surface area contributed by atoms with Gasteiger partial charge in [0.25, 0.3) is 0 Å². The van der Waals surface area contributed by atoms with Gasteiger partial charge in [-0.05, 0) is 38.4 Å². The molecule has 84 valence electrons. The van der Waals surface area contributed by atoms with Crippen LogP contribution in [-0.2, 0) is 6.42 Å². The molecule has 1 aliphatic carbocycles. The Labute approximate surface area is 99.7 Å². The van der Waals surface area contributed by atoms with E-state index in [0.29, 0.717) is 5.54 Å². The minimum atomic E-state index is 0.442. The molecule has 0 bridgehead atoms. The summed E-state index contributed by atoms with van der Waals surface area (Å²) in [6.07, 6.45) is 4.99. The molecule has 0 spiro atoms. The summed E-state index contributed by atoms with van der Waals surface area (Å²) in [5.74, 6) is 0. The fourth-order valence-electron chi connectivity index (χ4n) is 2.15. The molecule has 16 heavy (non-hydrogen) atoms. The zero-order chi connectivity index (χ0) is 11.0. The maximum Gasteiger partial charge on any atom is 0.0939 e. The monoisotopic (exact) mass is 232 g/mol. The maximum absolute atomic E-state index is 4.67. The Morgan fingerprint density at radius 3 is 2.88 bits per heavy atom. The van der Waals surface area contributed by atoms with Gasteiger partial charge in [0, 0.05) is 12.0 Å². The number of hydrogen-bond acceptors (Lipinski definition) is 3. The van der Waals surface area contributed by atoms with E-state index < -0.39 is 0 Å². The van der Waals surface area contributed by atoms with E-state index in [-0.39, 0.29) is 0 Å². The molecule has 0 atom stereocenters. The Morgan fingerprint density at radius 1 is 1.38 bits per heavy atom. The normalized spacial score (nSPS) is 17.8. The molecular weight excluding hydrogens is 216 g/mol. The molecule has 1 N–H and O–H groups in total. The van der Waals surface area contributed by atoms with Crippen molar-refractivity contribution in [3.63, 3.8) is 0 Å². The molecule has 0 radical (unpaired) electrons. The third-order valence-electron chi connectivity index (χ3n) is 3.54. The van der Waals surface area contributed by atoms with Gasteiger partial charge < -0.3 is 5.32 Å². The summed E-state index contributed by atoms with van der Waals surface area (Å²) in [5, 5.41) is 4.71. The van der Waals surface area contributed by atoms with Crippen molar-refractivity contribution in [3.8, 4) is 0 Å². The molecule has 1 aromatic carbocycles. The number of para-hydroxylation sites is 1. The summed E-state index contributed by atoms with van der Waals surface area (Å²) in [6.45, 7) is 0. The number of aryl methyl sites for hydroxylation is 1. The van der Waals surface area contributed by atoms with Crippen molar-refractivity contribution in [1.29, 1.82) is 0 Å². The van der Waals surface area contributed by atoms with Crippen LogP contribution < -0.4 is 5.32 Å². The van der Waals surface area contributed by atoms with Crippen LogP contribution in [0.3, 0.4) is 0 Å².